The van der Waals surface area contributed by atoms with Gasteiger partial charge in [0.2, 0.25) is 26.0 Å². The van der Waals surface area contributed by atoms with Crippen molar-refractivity contribution in [2.45, 2.75) is 28.7 Å². The van der Waals surface area contributed by atoms with Crippen molar-refractivity contribution in [2.24, 2.45) is 5.14 Å². The maximum absolute atomic E-state index is 14.0. The quantitative estimate of drug-likeness (QED) is 0.308. The van der Waals surface area contributed by atoms with Crippen LogP contribution in [0.4, 0.5) is 5.69 Å². The predicted octanol–water partition coefficient (Wildman–Crippen LogP) is 3.71. The van der Waals surface area contributed by atoms with Crippen molar-refractivity contribution in [3.8, 4) is 0 Å². The molecule has 0 saturated carbocycles. The van der Waals surface area contributed by atoms with Crippen molar-refractivity contribution in [3.63, 3.8) is 0 Å². The fourth-order valence-electron chi connectivity index (χ4n) is 4.74. The molecule has 1 atom stereocenters. The highest BCUT2D eigenvalue weighted by molar-refractivity contribution is 7.89. The lowest BCUT2D eigenvalue weighted by atomic mass is 10.1. The molecular weight excluding hydrogens is 574 g/mol. The Morgan fingerprint density at radius 1 is 0.825 bits per heavy atom. The number of primary sulfonamides is 1. The molecule has 1 aliphatic heterocycles. The van der Waals surface area contributed by atoms with E-state index in [0.29, 0.717) is 10.4 Å². The minimum Gasteiger partial charge on any atom is -0.274 e. The number of amides is 2. The van der Waals surface area contributed by atoms with Gasteiger partial charge in [-0.2, -0.15) is 4.31 Å². The number of hydrogen-bond acceptors (Lipinski definition) is 6. The molecule has 0 radical (unpaired) electrons. The van der Waals surface area contributed by atoms with Gasteiger partial charge in [0.05, 0.1) is 21.9 Å². The van der Waals surface area contributed by atoms with Crippen LogP contribution in [0.5, 0.6) is 0 Å². The summed E-state index contributed by atoms with van der Waals surface area (Å²) in [5, 5.41) is 7.20. The molecule has 4 aromatic rings. The van der Waals surface area contributed by atoms with Gasteiger partial charge in [0.1, 0.15) is 6.04 Å². The Kier molecular flexibility index (Phi) is 7.51. The molecule has 1 fully saturated rings. The maximum atomic E-state index is 14.0. The zero-order valence-electron chi connectivity index (χ0n) is 21.0. The molecule has 0 aromatic heterocycles. The van der Waals surface area contributed by atoms with E-state index in [-0.39, 0.29) is 34.9 Å². The lowest BCUT2D eigenvalue weighted by Crippen LogP contribution is -2.46. The number of imide groups is 1. The van der Waals surface area contributed by atoms with E-state index in [1.54, 1.807) is 48.5 Å². The Hall–Kier alpha value is -3.61. The highest BCUT2D eigenvalue weighted by Crippen LogP contribution is 2.31. The molecule has 0 aliphatic carbocycles. The summed E-state index contributed by atoms with van der Waals surface area (Å²) in [5.41, 5.74) is 0.876. The van der Waals surface area contributed by atoms with Crippen LogP contribution in [0, 0.1) is 0 Å². The lowest BCUT2D eigenvalue weighted by molar-refractivity contribution is -0.122. The molecule has 5 rings (SSSR count). The molecule has 2 amide bonds. The zero-order chi connectivity index (χ0) is 28.7. The smallest absolute Gasteiger partial charge is 0.252 e. The van der Waals surface area contributed by atoms with Gasteiger partial charge in [-0.1, -0.05) is 54.1 Å². The van der Waals surface area contributed by atoms with Gasteiger partial charge >= 0.3 is 0 Å². The van der Waals surface area contributed by atoms with Gasteiger partial charge in [-0.15, -0.1) is 0 Å². The van der Waals surface area contributed by atoms with Crippen molar-refractivity contribution < 1.29 is 26.4 Å². The normalized spacial score (nSPS) is 16.3. The molecule has 0 bridgehead atoms. The summed E-state index contributed by atoms with van der Waals surface area (Å²) in [6.07, 6.45) is -0.132. The van der Waals surface area contributed by atoms with Crippen LogP contribution < -0.4 is 10.0 Å². The monoisotopic (exact) mass is 597 g/mol. The van der Waals surface area contributed by atoms with Gasteiger partial charge in [0.15, 0.2) is 0 Å². The number of fused-ring (bicyclic) bond motifs is 1. The largest absolute Gasteiger partial charge is 0.274 e. The van der Waals surface area contributed by atoms with Crippen LogP contribution in [0.25, 0.3) is 10.8 Å². The molecule has 0 spiro atoms. The number of sulfonamides is 2. The molecule has 12 heteroatoms. The van der Waals surface area contributed by atoms with Gasteiger partial charge in [-0.3, -0.25) is 9.59 Å². The van der Waals surface area contributed by atoms with Crippen molar-refractivity contribution in [1.82, 2.24) is 4.31 Å². The predicted molar refractivity (Wildman–Crippen MR) is 152 cm³/mol. The number of nitrogens with zero attached hydrogens (tertiary/aromatic N) is 2. The molecule has 206 valence electrons. The van der Waals surface area contributed by atoms with Gasteiger partial charge in [-0.25, -0.2) is 26.9 Å². The Labute approximate surface area is 236 Å². The first-order valence-electron chi connectivity index (χ1n) is 12.2. The molecular formula is C28H24ClN3O6S2. The van der Waals surface area contributed by atoms with E-state index in [4.69, 9.17) is 16.7 Å². The Balaban J connectivity index is 1.52. The summed E-state index contributed by atoms with van der Waals surface area (Å²) in [6.45, 7) is -0.0859. The minimum absolute atomic E-state index is 0.00602. The summed E-state index contributed by atoms with van der Waals surface area (Å²) in [6, 6.07) is 22.6. The third kappa shape index (κ3) is 5.51. The number of nitrogens with two attached hydrogens (primary N) is 1. The lowest BCUT2D eigenvalue weighted by Gasteiger charge is -2.27. The third-order valence-corrected chi connectivity index (χ3v) is 9.80. The van der Waals surface area contributed by atoms with Crippen LogP contribution in [0.3, 0.4) is 0 Å². The van der Waals surface area contributed by atoms with Crippen LogP contribution in [0.2, 0.25) is 5.02 Å². The van der Waals surface area contributed by atoms with Gasteiger partial charge in [0, 0.05) is 11.6 Å². The van der Waals surface area contributed by atoms with Crippen molar-refractivity contribution in [2.75, 3.05) is 11.4 Å². The van der Waals surface area contributed by atoms with E-state index < -0.39 is 37.9 Å². The average molecular weight is 598 g/mol. The molecule has 4 aromatic carbocycles. The second-order valence-corrected chi connectivity index (χ2v) is 13.2. The van der Waals surface area contributed by atoms with Gasteiger partial charge < -0.3 is 0 Å². The second-order valence-electron chi connectivity index (χ2n) is 9.33. The summed E-state index contributed by atoms with van der Waals surface area (Å²) >= 11 is 6.11. The van der Waals surface area contributed by atoms with E-state index in [0.717, 1.165) is 20.2 Å². The maximum Gasteiger partial charge on any atom is 0.252 e. The molecule has 40 heavy (non-hydrogen) atoms. The summed E-state index contributed by atoms with van der Waals surface area (Å²) in [5.74, 6) is -1.34. The number of benzene rings is 4. The fraction of sp³-hybridized carbons (Fsp3) is 0.143. The molecule has 1 heterocycles. The van der Waals surface area contributed by atoms with E-state index in [9.17, 15) is 26.4 Å². The Morgan fingerprint density at radius 2 is 1.50 bits per heavy atom. The van der Waals surface area contributed by atoms with Gasteiger partial charge in [0.25, 0.3) is 5.91 Å². The number of halogens is 1. The number of anilines is 1. The summed E-state index contributed by atoms with van der Waals surface area (Å²) in [7, 11) is -8.22. The van der Waals surface area contributed by atoms with Crippen LogP contribution in [-0.4, -0.2) is 45.5 Å². The Bertz CT molecular complexity index is 1840. The molecule has 1 unspecified atom stereocenters. The minimum atomic E-state index is -4.24. The molecule has 1 saturated heterocycles. The Morgan fingerprint density at radius 3 is 2.17 bits per heavy atom. The first-order chi connectivity index (χ1) is 18.9. The standard InChI is InChI=1S/C28H24ClN3O6S2/c29-22-7-3-4-19(16-22)14-15-31(40(37,38)25-11-8-20-5-1-2-6-21(20)17-25)26-18-27(33)32(28(26)34)23-9-12-24(13-10-23)39(30,35)36/h1-13,16-17,26H,14-15,18H2,(H2,30,35,36). The number of carbonyl (C=O) groups excluding carboxylic acids is 2. The number of rotatable bonds is 8. The van der Waals surface area contributed by atoms with Crippen molar-refractivity contribution >= 4 is 59.9 Å². The van der Waals surface area contributed by atoms with Crippen LogP contribution in [-0.2, 0) is 36.1 Å². The third-order valence-electron chi connectivity index (χ3n) is 6.73. The van der Waals surface area contributed by atoms with E-state index >= 15 is 0 Å². The fourth-order valence-corrected chi connectivity index (χ4v) is 7.08. The molecule has 9 nitrogen and oxygen atoms in total. The second kappa shape index (κ2) is 10.8. The molecule has 1 aliphatic rings. The number of carbonyl (C=O) groups is 2. The van der Waals surface area contributed by atoms with E-state index in [1.165, 1.54) is 30.3 Å². The van der Waals surface area contributed by atoms with Crippen molar-refractivity contribution in [3.05, 3.63) is 102 Å². The highest BCUT2D eigenvalue weighted by Gasteiger charge is 2.46. The SMILES string of the molecule is NS(=O)(=O)c1ccc(N2C(=O)CC(N(CCc3cccc(Cl)c3)S(=O)(=O)c3ccc4ccccc4c3)C2=O)cc1. The zero-order valence-corrected chi connectivity index (χ0v) is 23.4. The first kappa shape index (κ1) is 27.9. The summed E-state index contributed by atoms with van der Waals surface area (Å²) in [4.78, 5) is 27.4. The van der Waals surface area contributed by atoms with Crippen LogP contribution in [0.1, 0.15) is 12.0 Å². The van der Waals surface area contributed by atoms with Gasteiger partial charge in [-0.05, 0) is 71.3 Å². The number of hydrogen-bond donors (Lipinski definition) is 1. The first-order valence-corrected chi connectivity index (χ1v) is 15.6. The highest BCUT2D eigenvalue weighted by atomic mass is 35.5. The average Bonchev–Trinajstić information content (AvgIpc) is 3.21. The van der Waals surface area contributed by atoms with E-state index in [1.807, 2.05) is 12.1 Å². The molecule has 2 N–H and O–H groups in total. The topological polar surface area (TPSA) is 135 Å². The van der Waals surface area contributed by atoms with Crippen molar-refractivity contribution in [1.29, 1.82) is 0 Å². The van der Waals surface area contributed by atoms with E-state index in [2.05, 4.69) is 0 Å². The van der Waals surface area contributed by atoms with Crippen LogP contribution in [0.15, 0.2) is 101 Å². The van der Waals surface area contributed by atoms with Crippen LogP contribution >= 0.6 is 11.6 Å². The summed E-state index contributed by atoms with van der Waals surface area (Å²) < 4.78 is 52.4.